The number of allylic oxidation sites excluding steroid dienone is 1. The SMILES string of the molecule is C=CN=C/C(=C\N)c1ccc2ncc3[nH]nc(-c4ccc(C(C)(C)C#N)cc4)c3c2c1. The molecule has 0 aliphatic rings. The Morgan fingerprint density at radius 3 is 2.68 bits per heavy atom. The highest BCUT2D eigenvalue weighted by molar-refractivity contribution is 6.15. The van der Waals surface area contributed by atoms with Crippen molar-refractivity contribution >= 4 is 33.6 Å². The summed E-state index contributed by atoms with van der Waals surface area (Å²) >= 11 is 0. The molecule has 0 spiro atoms. The van der Waals surface area contributed by atoms with Crippen LogP contribution in [0.5, 0.6) is 0 Å². The summed E-state index contributed by atoms with van der Waals surface area (Å²) in [4.78, 5) is 8.64. The standard InChI is InChI=1S/C25H22N6/c1-4-28-13-18(12-26)17-7-10-21-20(11-17)23-22(14-29-21)30-31-24(23)16-5-8-19(9-6-16)25(2,3)15-27/h4-14H,1,26H2,2-3H3,(H,30,31)/b18-12+,28-13?. The largest absolute Gasteiger partial charge is 0.404 e. The second kappa shape index (κ2) is 7.88. The number of hydrogen-bond acceptors (Lipinski definition) is 5. The van der Waals surface area contributed by atoms with E-state index in [1.807, 2.05) is 56.3 Å². The first kappa shape index (κ1) is 20.0. The zero-order valence-electron chi connectivity index (χ0n) is 17.4. The number of H-pyrrole nitrogens is 1. The highest BCUT2D eigenvalue weighted by Crippen LogP contribution is 2.34. The minimum absolute atomic E-state index is 0.546. The first-order valence-electron chi connectivity index (χ1n) is 9.84. The summed E-state index contributed by atoms with van der Waals surface area (Å²) in [6.07, 6.45) is 6.46. The predicted molar refractivity (Wildman–Crippen MR) is 126 cm³/mol. The van der Waals surface area contributed by atoms with E-state index in [0.29, 0.717) is 0 Å². The number of fused-ring (bicyclic) bond motifs is 3. The lowest BCUT2D eigenvalue weighted by Gasteiger charge is -2.15. The van der Waals surface area contributed by atoms with E-state index in [4.69, 9.17) is 5.73 Å². The Morgan fingerprint density at radius 2 is 2.00 bits per heavy atom. The van der Waals surface area contributed by atoms with Crippen LogP contribution in [0.15, 0.2) is 72.6 Å². The number of nitriles is 1. The van der Waals surface area contributed by atoms with Crippen molar-refractivity contribution in [1.82, 2.24) is 15.2 Å². The third-order valence-electron chi connectivity index (χ3n) is 5.38. The van der Waals surface area contributed by atoms with Gasteiger partial charge in [0.2, 0.25) is 0 Å². The van der Waals surface area contributed by atoms with Crippen LogP contribution in [0.25, 0.3) is 38.6 Å². The van der Waals surface area contributed by atoms with Crippen LogP contribution in [0.1, 0.15) is 25.0 Å². The average Bonchev–Trinajstić information content (AvgIpc) is 3.24. The number of nitrogens with zero attached hydrogens (tertiary/aromatic N) is 4. The first-order chi connectivity index (χ1) is 15.0. The second-order valence-electron chi connectivity index (χ2n) is 7.75. The highest BCUT2D eigenvalue weighted by atomic mass is 15.1. The highest BCUT2D eigenvalue weighted by Gasteiger charge is 2.20. The molecule has 0 aliphatic carbocycles. The lowest BCUT2D eigenvalue weighted by atomic mass is 9.86. The molecule has 0 fully saturated rings. The minimum Gasteiger partial charge on any atom is -0.404 e. The number of benzene rings is 2. The molecule has 3 N–H and O–H groups in total. The van der Waals surface area contributed by atoms with Crippen molar-refractivity contribution in [2.24, 2.45) is 10.7 Å². The molecule has 31 heavy (non-hydrogen) atoms. The van der Waals surface area contributed by atoms with Gasteiger partial charge in [0.1, 0.15) is 5.69 Å². The third kappa shape index (κ3) is 3.58. The van der Waals surface area contributed by atoms with Crippen LogP contribution >= 0.6 is 0 Å². The number of aliphatic imine (C=N–C) groups is 1. The zero-order valence-corrected chi connectivity index (χ0v) is 17.4. The summed E-state index contributed by atoms with van der Waals surface area (Å²) in [5, 5.41) is 19.0. The van der Waals surface area contributed by atoms with Crippen LogP contribution in [0.4, 0.5) is 0 Å². The zero-order chi connectivity index (χ0) is 22.0. The van der Waals surface area contributed by atoms with Crippen LogP contribution in [0.3, 0.4) is 0 Å². The van der Waals surface area contributed by atoms with Gasteiger partial charge in [-0.15, -0.1) is 0 Å². The summed E-state index contributed by atoms with van der Waals surface area (Å²) in [5.74, 6) is 0. The maximum absolute atomic E-state index is 9.40. The van der Waals surface area contributed by atoms with Crippen molar-refractivity contribution in [2.45, 2.75) is 19.3 Å². The number of aromatic nitrogens is 3. The van der Waals surface area contributed by atoms with Gasteiger partial charge in [-0.3, -0.25) is 15.1 Å². The molecule has 0 saturated carbocycles. The molecular formula is C25H22N6. The summed E-state index contributed by atoms with van der Waals surface area (Å²) < 4.78 is 0. The van der Waals surface area contributed by atoms with Crippen molar-refractivity contribution in [3.8, 4) is 17.3 Å². The Bertz CT molecular complexity index is 1380. The van der Waals surface area contributed by atoms with Gasteiger partial charge < -0.3 is 5.73 Å². The van der Waals surface area contributed by atoms with Gasteiger partial charge in [0.15, 0.2) is 0 Å². The number of pyridine rings is 1. The van der Waals surface area contributed by atoms with Crippen LogP contribution in [0, 0.1) is 11.3 Å². The molecule has 0 unspecified atom stereocenters. The molecule has 2 heterocycles. The van der Waals surface area contributed by atoms with Crippen molar-refractivity contribution in [3.05, 3.63) is 78.8 Å². The molecular weight excluding hydrogens is 384 g/mol. The number of hydrogen-bond donors (Lipinski definition) is 2. The average molecular weight is 406 g/mol. The molecule has 0 aliphatic heterocycles. The van der Waals surface area contributed by atoms with Gasteiger partial charge in [-0.25, -0.2) is 0 Å². The molecule has 6 heteroatoms. The van der Waals surface area contributed by atoms with Gasteiger partial charge in [0.05, 0.1) is 28.7 Å². The van der Waals surface area contributed by atoms with Crippen molar-refractivity contribution in [3.63, 3.8) is 0 Å². The van der Waals surface area contributed by atoms with E-state index < -0.39 is 5.41 Å². The number of aromatic amines is 1. The fourth-order valence-electron chi connectivity index (χ4n) is 3.55. The summed E-state index contributed by atoms with van der Waals surface area (Å²) in [7, 11) is 0. The smallest absolute Gasteiger partial charge is 0.101 e. The lowest BCUT2D eigenvalue weighted by molar-refractivity contribution is 0.687. The molecule has 4 rings (SSSR count). The number of nitrogens with two attached hydrogens (primary N) is 1. The van der Waals surface area contributed by atoms with E-state index in [9.17, 15) is 5.26 Å². The summed E-state index contributed by atoms with van der Waals surface area (Å²) in [6, 6.07) is 16.3. The Kier molecular flexibility index (Phi) is 5.10. The van der Waals surface area contributed by atoms with Crippen LogP contribution in [-0.2, 0) is 5.41 Å². The van der Waals surface area contributed by atoms with E-state index in [1.54, 1.807) is 12.4 Å². The summed E-state index contributed by atoms with van der Waals surface area (Å²) in [5.41, 5.74) is 11.4. The van der Waals surface area contributed by atoms with Gasteiger partial charge in [0.25, 0.3) is 0 Å². The van der Waals surface area contributed by atoms with Gasteiger partial charge in [0, 0.05) is 40.5 Å². The molecule has 2 aromatic heterocycles. The number of rotatable bonds is 5. The monoisotopic (exact) mass is 406 g/mol. The molecule has 0 saturated heterocycles. The van der Waals surface area contributed by atoms with Crippen LogP contribution < -0.4 is 5.73 Å². The number of nitrogens with one attached hydrogen (secondary N) is 1. The minimum atomic E-state index is -0.546. The Labute approximate surface area is 180 Å². The van der Waals surface area contributed by atoms with E-state index in [1.165, 1.54) is 12.4 Å². The van der Waals surface area contributed by atoms with Crippen molar-refractivity contribution in [2.75, 3.05) is 0 Å². The van der Waals surface area contributed by atoms with E-state index in [0.717, 1.165) is 49.8 Å². The topological polar surface area (TPSA) is 104 Å². The van der Waals surface area contributed by atoms with Crippen LogP contribution in [-0.4, -0.2) is 21.4 Å². The molecule has 0 radical (unpaired) electrons. The van der Waals surface area contributed by atoms with Crippen LogP contribution in [0.2, 0.25) is 0 Å². The normalized spacial score (nSPS) is 12.5. The predicted octanol–water partition coefficient (Wildman–Crippen LogP) is 5.09. The van der Waals surface area contributed by atoms with Gasteiger partial charge >= 0.3 is 0 Å². The molecule has 2 aromatic carbocycles. The molecule has 0 atom stereocenters. The fourth-order valence-corrected chi connectivity index (χ4v) is 3.55. The van der Waals surface area contributed by atoms with Crippen molar-refractivity contribution < 1.29 is 0 Å². The molecule has 4 aromatic rings. The Morgan fingerprint density at radius 1 is 1.23 bits per heavy atom. The van der Waals surface area contributed by atoms with Gasteiger partial charge in [-0.2, -0.15) is 10.4 Å². The second-order valence-corrected chi connectivity index (χ2v) is 7.75. The third-order valence-corrected chi connectivity index (χ3v) is 5.38. The Balaban J connectivity index is 1.90. The molecule has 152 valence electrons. The lowest BCUT2D eigenvalue weighted by Crippen LogP contribution is -2.13. The van der Waals surface area contributed by atoms with Gasteiger partial charge in [-0.05, 0) is 37.1 Å². The molecule has 6 nitrogen and oxygen atoms in total. The van der Waals surface area contributed by atoms with E-state index >= 15 is 0 Å². The van der Waals surface area contributed by atoms with Gasteiger partial charge in [-0.1, -0.05) is 36.9 Å². The van der Waals surface area contributed by atoms with E-state index in [2.05, 4.69) is 32.8 Å². The molecule has 0 amide bonds. The summed E-state index contributed by atoms with van der Waals surface area (Å²) in [6.45, 7) is 7.43. The van der Waals surface area contributed by atoms with Crippen molar-refractivity contribution in [1.29, 1.82) is 5.26 Å². The fraction of sp³-hybridized carbons (Fsp3) is 0.120. The maximum Gasteiger partial charge on any atom is 0.101 e. The molecule has 0 bridgehead atoms. The quantitative estimate of drug-likeness (QED) is 0.450. The maximum atomic E-state index is 9.40. The van der Waals surface area contributed by atoms with E-state index in [-0.39, 0.29) is 0 Å². The Hall–Kier alpha value is -4.24. The first-order valence-corrected chi connectivity index (χ1v) is 9.84.